The molecule has 15 heavy (non-hydrogen) atoms. The van der Waals surface area contributed by atoms with Gasteiger partial charge in [0.1, 0.15) is 0 Å². The van der Waals surface area contributed by atoms with E-state index in [4.69, 9.17) is 10.9 Å². The van der Waals surface area contributed by atoms with Crippen molar-refractivity contribution in [1.29, 1.82) is 0 Å². The Kier molecular flexibility index (Phi) is 2.96. The van der Waals surface area contributed by atoms with E-state index in [-0.39, 0.29) is 4.90 Å². The normalized spacial score (nSPS) is 11.1. The van der Waals surface area contributed by atoms with E-state index in [1.165, 1.54) is 25.1 Å². The molecule has 0 radical (unpaired) electrons. The van der Waals surface area contributed by atoms with E-state index in [0.717, 1.165) is 0 Å². The molecule has 0 aromatic heterocycles. The summed E-state index contributed by atoms with van der Waals surface area (Å²) in [5, 5.41) is 7.29. The van der Waals surface area contributed by atoms with Crippen LogP contribution < -0.4 is 16.2 Å². The predicted octanol–water partition coefficient (Wildman–Crippen LogP) is 0.133. The number of urea groups is 1. The molecule has 1 aromatic carbocycles. The van der Waals surface area contributed by atoms with Gasteiger partial charge >= 0.3 is 6.03 Å². The maximum Gasteiger partial charge on any atom is 0.316 e. The zero-order valence-electron chi connectivity index (χ0n) is 8.02. The molecule has 0 fully saturated rings. The van der Waals surface area contributed by atoms with E-state index in [2.05, 4.69) is 5.32 Å². The molecular weight excluding hydrogens is 218 g/mol. The van der Waals surface area contributed by atoms with E-state index in [1.807, 2.05) is 0 Å². The highest BCUT2D eigenvalue weighted by Crippen LogP contribution is 2.21. The lowest BCUT2D eigenvalue weighted by atomic mass is 10.2. The smallest absolute Gasteiger partial charge is 0.316 e. The highest BCUT2D eigenvalue weighted by Gasteiger charge is 2.13. The van der Waals surface area contributed by atoms with E-state index >= 15 is 0 Å². The Morgan fingerprint density at radius 1 is 1.40 bits per heavy atom. The summed E-state index contributed by atoms with van der Waals surface area (Å²) >= 11 is 0. The highest BCUT2D eigenvalue weighted by atomic mass is 32.2. The number of carbonyl (C=O) groups is 1. The van der Waals surface area contributed by atoms with Crippen molar-refractivity contribution in [2.75, 3.05) is 5.32 Å². The number of benzene rings is 1. The standard InChI is InChI=1S/C8H11N3O3S/c1-5-6(11-8(9)12)3-2-4-7(5)15(10,13)14/h2-4H,1H3,(H3,9,11,12)(H2,10,13,14). The number of hydrogen-bond acceptors (Lipinski definition) is 3. The van der Waals surface area contributed by atoms with Crippen molar-refractivity contribution in [2.45, 2.75) is 11.8 Å². The summed E-state index contributed by atoms with van der Waals surface area (Å²) in [5.74, 6) is 0. The first-order valence-corrected chi connectivity index (χ1v) is 5.56. The number of nitrogens with two attached hydrogens (primary N) is 2. The maximum absolute atomic E-state index is 11.1. The number of nitrogens with one attached hydrogen (secondary N) is 1. The summed E-state index contributed by atoms with van der Waals surface area (Å²) < 4.78 is 22.3. The lowest BCUT2D eigenvalue weighted by Crippen LogP contribution is -2.21. The van der Waals surface area contributed by atoms with Crippen molar-refractivity contribution in [3.63, 3.8) is 0 Å². The Morgan fingerprint density at radius 2 is 2.00 bits per heavy atom. The van der Waals surface area contributed by atoms with Gasteiger partial charge in [0.25, 0.3) is 0 Å². The molecule has 7 heteroatoms. The summed E-state index contributed by atoms with van der Waals surface area (Å²) in [6.45, 7) is 1.53. The number of anilines is 1. The van der Waals surface area contributed by atoms with Crippen LogP contribution in [0.15, 0.2) is 23.1 Å². The van der Waals surface area contributed by atoms with E-state index < -0.39 is 16.1 Å². The lowest BCUT2D eigenvalue weighted by molar-refractivity contribution is 0.259. The first kappa shape index (κ1) is 11.5. The predicted molar refractivity (Wildman–Crippen MR) is 55.8 cm³/mol. The fraction of sp³-hybridized carbons (Fsp3) is 0.125. The Hall–Kier alpha value is -1.60. The minimum Gasteiger partial charge on any atom is -0.351 e. The van der Waals surface area contributed by atoms with Crippen molar-refractivity contribution >= 4 is 21.7 Å². The number of carbonyl (C=O) groups excluding carboxylic acids is 1. The van der Waals surface area contributed by atoms with Crippen molar-refractivity contribution in [2.24, 2.45) is 10.9 Å². The van der Waals surface area contributed by atoms with E-state index in [0.29, 0.717) is 11.3 Å². The minimum atomic E-state index is -3.78. The van der Waals surface area contributed by atoms with Crippen LogP contribution in [0.25, 0.3) is 0 Å². The number of rotatable bonds is 2. The van der Waals surface area contributed by atoms with Crippen molar-refractivity contribution in [3.8, 4) is 0 Å². The largest absolute Gasteiger partial charge is 0.351 e. The fourth-order valence-corrected chi connectivity index (χ4v) is 2.00. The van der Waals surface area contributed by atoms with Crippen LogP contribution in [0.4, 0.5) is 10.5 Å². The Balaban J connectivity index is 3.30. The quantitative estimate of drug-likeness (QED) is 0.669. The topological polar surface area (TPSA) is 115 Å². The van der Waals surface area contributed by atoms with Gasteiger partial charge in [-0.2, -0.15) is 0 Å². The van der Waals surface area contributed by atoms with Crippen LogP contribution in [0.1, 0.15) is 5.56 Å². The van der Waals surface area contributed by atoms with Crippen molar-refractivity contribution in [1.82, 2.24) is 0 Å². The first-order valence-electron chi connectivity index (χ1n) is 4.01. The van der Waals surface area contributed by atoms with E-state index in [1.54, 1.807) is 0 Å². The first-order chi connectivity index (χ1) is 6.82. The monoisotopic (exact) mass is 229 g/mol. The number of primary sulfonamides is 1. The summed E-state index contributed by atoms with van der Waals surface area (Å²) in [7, 11) is -3.78. The molecule has 0 aliphatic carbocycles. The fourth-order valence-electron chi connectivity index (χ4n) is 1.19. The molecule has 2 amide bonds. The molecular formula is C8H11N3O3S. The molecule has 0 saturated carbocycles. The zero-order valence-corrected chi connectivity index (χ0v) is 8.84. The van der Waals surface area contributed by atoms with Gasteiger partial charge in [0.15, 0.2) is 0 Å². The second kappa shape index (κ2) is 3.87. The highest BCUT2D eigenvalue weighted by molar-refractivity contribution is 7.89. The number of primary amides is 1. The molecule has 0 aliphatic rings. The summed E-state index contributed by atoms with van der Waals surface area (Å²) in [4.78, 5) is 10.6. The molecule has 0 bridgehead atoms. The lowest BCUT2D eigenvalue weighted by Gasteiger charge is -2.09. The van der Waals surface area contributed by atoms with Gasteiger partial charge in [-0.05, 0) is 24.6 Å². The minimum absolute atomic E-state index is 0.0336. The molecule has 1 rings (SSSR count). The summed E-state index contributed by atoms with van der Waals surface area (Å²) in [6.07, 6.45) is 0. The van der Waals surface area contributed by atoms with Crippen LogP contribution in [-0.2, 0) is 10.0 Å². The van der Waals surface area contributed by atoms with Crippen molar-refractivity contribution < 1.29 is 13.2 Å². The van der Waals surface area contributed by atoms with Gasteiger partial charge in [0.2, 0.25) is 10.0 Å². The van der Waals surface area contributed by atoms with Crippen LogP contribution in [0.3, 0.4) is 0 Å². The number of sulfonamides is 1. The summed E-state index contributed by atoms with van der Waals surface area (Å²) in [6, 6.07) is 3.61. The average molecular weight is 229 g/mol. The van der Waals surface area contributed by atoms with Gasteiger partial charge in [-0.25, -0.2) is 18.4 Å². The van der Waals surface area contributed by atoms with Gasteiger partial charge < -0.3 is 11.1 Å². The maximum atomic E-state index is 11.1. The Morgan fingerprint density at radius 3 is 2.47 bits per heavy atom. The second-order valence-electron chi connectivity index (χ2n) is 2.96. The molecule has 0 heterocycles. The number of hydrogen-bond donors (Lipinski definition) is 3. The molecule has 0 aliphatic heterocycles. The SMILES string of the molecule is Cc1c(NC(N)=O)cccc1S(N)(=O)=O. The van der Waals surface area contributed by atoms with Gasteiger partial charge in [-0.1, -0.05) is 6.07 Å². The third kappa shape index (κ3) is 2.67. The van der Waals surface area contributed by atoms with Crippen LogP contribution in [-0.4, -0.2) is 14.4 Å². The van der Waals surface area contributed by atoms with Gasteiger partial charge in [-0.3, -0.25) is 0 Å². The molecule has 0 atom stereocenters. The molecule has 82 valence electrons. The molecule has 0 unspecified atom stereocenters. The number of amides is 2. The Bertz CT molecular complexity index is 496. The molecule has 0 saturated heterocycles. The van der Waals surface area contributed by atoms with Crippen LogP contribution in [0, 0.1) is 6.92 Å². The zero-order chi connectivity index (χ0) is 11.6. The third-order valence-electron chi connectivity index (χ3n) is 1.85. The molecule has 1 aromatic rings. The average Bonchev–Trinajstić information content (AvgIpc) is 2.05. The molecule has 5 N–H and O–H groups in total. The van der Waals surface area contributed by atoms with Gasteiger partial charge in [0.05, 0.1) is 4.90 Å². The second-order valence-corrected chi connectivity index (χ2v) is 4.49. The Labute approximate surface area is 87.3 Å². The molecule has 0 spiro atoms. The van der Waals surface area contributed by atoms with E-state index in [9.17, 15) is 13.2 Å². The van der Waals surface area contributed by atoms with Gasteiger partial charge in [-0.15, -0.1) is 0 Å². The van der Waals surface area contributed by atoms with Crippen LogP contribution in [0.2, 0.25) is 0 Å². The molecule has 6 nitrogen and oxygen atoms in total. The summed E-state index contributed by atoms with van der Waals surface area (Å²) in [5.41, 5.74) is 5.61. The third-order valence-corrected chi connectivity index (χ3v) is 2.90. The van der Waals surface area contributed by atoms with Crippen LogP contribution in [0.5, 0.6) is 0 Å². The van der Waals surface area contributed by atoms with Crippen molar-refractivity contribution in [3.05, 3.63) is 23.8 Å². The van der Waals surface area contributed by atoms with Crippen LogP contribution >= 0.6 is 0 Å². The van der Waals surface area contributed by atoms with Gasteiger partial charge in [0, 0.05) is 5.69 Å².